The van der Waals surface area contributed by atoms with E-state index in [0.717, 1.165) is 44.0 Å². The number of morpholine rings is 1. The summed E-state index contributed by atoms with van der Waals surface area (Å²) in [6.07, 6.45) is 2.42. The summed E-state index contributed by atoms with van der Waals surface area (Å²) < 4.78 is 19.9. The topological polar surface area (TPSA) is 94.1 Å². The molecule has 3 aliphatic rings. The molecule has 6 rings (SSSR count). The molecule has 4 heterocycles. The van der Waals surface area contributed by atoms with Crippen LogP contribution in [0.2, 0.25) is 5.02 Å². The second kappa shape index (κ2) is 13.2. The Morgan fingerprint density at radius 2 is 1.77 bits per heavy atom. The first-order valence-electron chi connectivity index (χ1n) is 14.7. The van der Waals surface area contributed by atoms with Crippen LogP contribution in [0.4, 0.5) is 21.6 Å². The van der Waals surface area contributed by atoms with Gasteiger partial charge in [-0.05, 0) is 36.4 Å². The lowest BCUT2D eigenvalue weighted by Crippen LogP contribution is -2.48. The van der Waals surface area contributed by atoms with Crippen LogP contribution in [0.15, 0.2) is 48.7 Å². The minimum absolute atomic E-state index is 0.134. The number of benzene rings is 2. The van der Waals surface area contributed by atoms with E-state index in [-0.39, 0.29) is 24.8 Å². The van der Waals surface area contributed by atoms with Gasteiger partial charge in [0.25, 0.3) is 0 Å². The first-order chi connectivity index (χ1) is 20.9. The van der Waals surface area contributed by atoms with Crippen molar-refractivity contribution in [2.75, 3.05) is 80.7 Å². The molecule has 0 bridgehead atoms. The van der Waals surface area contributed by atoms with E-state index in [1.807, 2.05) is 21.9 Å². The Balaban J connectivity index is 1.09. The number of aromatic nitrogens is 2. The lowest BCUT2D eigenvalue weighted by atomic mass is 10.1. The molecule has 0 atom stereocenters. The van der Waals surface area contributed by atoms with Gasteiger partial charge in [-0.15, -0.1) is 0 Å². The fourth-order valence-electron chi connectivity index (χ4n) is 5.68. The summed E-state index contributed by atoms with van der Waals surface area (Å²) in [6, 6.07) is 12.8. The molecular formula is C31H35ClFN7O3. The van der Waals surface area contributed by atoms with Gasteiger partial charge in [0, 0.05) is 93.6 Å². The molecule has 2 amide bonds. The van der Waals surface area contributed by atoms with Crippen molar-refractivity contribution < 1.29 is 18.7 Å². The van der Waals surface area contributed by atoms with Crippen LogP contribution >= 0.6 is 11.6 Å². The van der Waals surface area contributed by atoms with Gasteiger partial charge >= 0.3 is 0 Å². The van der Waals surface area contributed by atoms with Gasteiger partial charge in [0.15, 0.2) is 11.6 Å². The van der Waals surface area contributed by atoms with Crippen molar-refractivity contribution in [3.05, 3.63) is 65.1 Å². The molecule has 2 saturated heterocycles. The summed E-state index contributed by atoms with van der Waals surface area (Å²) in [5, 5.41) is 3.20. The van der Waals surface area contributed by atoms with E-state index in [0.29, 0.717) is 67.2 Å². The van der Waals surface area contributed by atoms with Crippen molar-refractivity contribution in [1.82, 2.24) is 19.8 Å². The maximum atomic E-state index is 14.6. The van der Waals surface area contributed by atoms with E-state index in [1.165, 1.54) is 6.07 Å². The van der Waals surface area contributed by atoms with Gasteiger partial charge in [-0.1, -0.05) is 17.7 Å². The smallest absolute Gasteiger partial charge is 0.226 e. The van der Waals surface area contributed by atoms with Crippen molar-refractivity contribution in [3.63, 3.8) is 0 Å². The Labute approximate surface area is 255 Å². The highest BCUT2D eigenvalue weighted by molar-refractivity contribution is 6.30. The Morgan fingerprint density at radius 1 is 1.00 bits per heavy atom. The number of carbonyl (C=O) groups is 2. The van der Waals surface area contributed by atoms with Crippen molar-refractivity contribution in [2.24, 2.45) is 0 Å². The largest absolute Gasteiger partial charge is 0.378 e. The standard InChI is InChI=1S/C31H35ClFN7O3/c32-24-4-1-23(26(33)19-24)21-40-10-7-28(41)35-27-20-34-30(36-31(27)40)22-2-5-25(6-3-22)38-13-11-37(12-14-38)9-8-29(42)39-15-17-43-18-16-39/h1-6,19-20H,7-18,21H2,(H,35,41). The molecule has 3 aromatic rings. The molecule has 0 unspecified atom stereocenters. The molecule has 0 radical (unpaired) electrons. The minimum atomic E-state index is -0.398. The summed E-state index contributed by atoms with van der Waals surface area (Å²) >= 11 is 5.94. The highest BCUT2D eigenvalue weighted by Crippen LogP contribution is 2.31. The summed E-state index contributed by atoms with van der Waals surface area (Å²) in [6.45, 7) is 7.64. The maximum absolute atomic E-state index is 14.6. The van der Waals surface area contributed by atoms with Crippen molar-refractivity contribution in [3.8, 4) is 11.4 Å². The average molecular weight is 608 g/mol. The van der Waals surface area contributed by atoms with Gasteiger partial charge in [0.2, 0.25) is 11.8 Å². The highest BCUT2D eigenvalue weighted by atomic mass is 35.5. The summed E-state index contributed by atoms with van der Waals surface area (Å²) in [7, 11) is 0. The molecule has 2 fully saturated rings. The Kier molecular flexibility index (Phi) is 9.01. The molecule has 0 spiro atoms. The summed E-state index contributed by atoms with van der Waals surface area (Å²) in [4.78, 5) is 42.7. The third kappa shape index (κ3) is 7.06. The van der Waals surface area contributed by atoms with E-state index in [4.69, 9.17) is 21.3 Å². The van der Waals surface area contributed by atoms with Crippen LogP contribution in [0.25, 0.3) is 11.4 Å². The molecule has 3 aliphatic heterocycles. The second-order valence-corrected chi connectivity index (χ2v) is 11.4. The molecule has 43 heavy (non-hydrogen) atoms. The van der Waals surface area contributed by atoms with Crippen LogP contribution in [-0.4, -0.2) is 97.2 Å². The lowest BCUT2D eigenvalue weighted by molar-refractivity contribution is -0.135. The average Bonchev–Trinajstić information content (AvgIpc) is 3.19. The molecule has 1 aromatic heterocycles. The summed E-state index contributed by atoms with van der Waals surface area (Å²) in [5.74, 6) is 0.758. The number of fused-ring (bicyclic) bond motifs is 1. The van der Waals surface area contributed by atoms with Gasteiger partial charge in [-0.3, -0.25) is 14.5 Å². The van der Waals surface area contributed by atoms with E-state index in [9.17, 15) is 14.0 Å². The quantitative estimate of drug-likeness (QED) is 0.435. The Morgan fingerprint density at radius 3 is 2.51 bits per heavy atom. The first kappa shape index (κ1) is 29.3. The SMILES string of the molecule is O=C1CCN(Cc2ccc(Cl)cc2F)c2nc(-c3ccc(N4CCN(CCC(=O)N5CCOCC5)CC4)cc3)ncc2N1. The first-order valence-corrected chi connectivity index (χ1v) is 15.1. The number of piperazine rings is 1. The van der Waals surface area contributed by atoms with Crippen LogP contribution in [0.1, 0.15) is 18.4 Å². The minimum Gasteiger partial charge on any atom is -0.378 e. The fourth-order valence-corrected chi connectivity index (χ4v) is 5.84. The zero-order chi connectivity index (χ0) is 29.8. The fraction of sp³-hybridized carbons (Fsp3) is 0.419. The van der Waals surface area contributed by atoms with Gasteiger partial charge in [-0.25, -0.2) is 14.4 Å². The summed E-state index contributed by atoms with van der Waals surface area (Å²) in [5.41, 5.74) is 2.94. The molecule has 0 saturated carbocycles. The number of nitrogens with one attached hydrogen (secondary N) is 1. The number of amides is 2. The number of hydrogen-bond acceptors (Lipinski definition) is 8. The van der Waals surface area contributed by atoms with E-state index >= 15 is 0 Å². The third-order valence-electron chi connectivity index (χ3n) is 8.20. The molecule has 2 aromatic carbocycles. The van der Waals surface area contributed by atoms with Gasteiger partial charge in [0.1, 0.15) is 11.5 Å². The van der Waals surface area contributed by atoms with Crippen LogP contribution in [0, 0.1) is 5.82 Å². The molecule has 0 aliphatic carbocycles. The molecule has 226 valence electrons. The molecule has 1 N–H and O–H groups in total. The molecule has 12 heteroatoms. The molecule has 10 nitrogen and oxygen atoms in total. The van der Waals surface area contributed by atoms with E-state index in [2.05, 4.69) is 32.2 Å². The zero-order valence-corrected chi connectivity index (χ0v) is 24.7. The van der Waals surface area contributed by atoms with Crippen molar-refractivity contribution in [1.29, 1.82) is 0 Å². The number of anilines is 3. The van der Waals surface area contributed by atoms with Gasteiger partial charge in [0.05, 0.1) is 19.4 Å². The number of hydrogen-bond donors (Lipinski definition) is 1. The third-order valence-corrected chi connectivity index (χ3v) is 8.43. The van der Waals surface area contributed by atoms with E-state index in [1.54, 1.807) is 18.3 Å². The van der Waals surface area contributed by atoms with Crippen molar-refractivity contribution in [2.45, 2.75) is 19.4 Å². The zero-order valence-electron chi connectivity index (χ0n) is 24.0. The normalized spacial score (nSPS) is 17.8. The van der Waals surface area contributed by atoms with Crippen LogP contribution in [0.3, 0.4) is 0 Å². The van der Waals surface area contributed by atoms with Crippen LogP contribution < -0.4 is 15.1 Å². The Bertz CT molecular complexity index is 1460. The predicted octanol–water partition coefficient (Wildman–Crippen LogP) is 3.66. The van der Waals surface area contributed by atoms with Crippen LogP contribution in [0.5, 0.6) is 0 Å². The van der Waals surface area contributed by atoms with Crippen LogP contribution in [-0.2, 0) is 20.9 Å². The number of ether oxygens (including phenoxy) is 1. The predicted molar refractivity (Wildman–Crippen MR) is 164 cm³/mol. The van der Waals surface area contributed by atoms with E-state index < -0.39 is 5.82 Å². The van der Waals surface area contributed by atoms with Gasteiger partial charge < -0.3 is 24.8 Å². The van der Waals surface area contributed by atoms with Gasteiger partial charge in [-0.2, -0.15) is 0 Å². The number of carbonyl (C=O) groups excluding carboxylic acids is 2. The van der Waals surface area contributed by atoms with Crippen molar-refractivity contribution >= 4 is 40.6 Å². The Hall–Kier alpha value is -3.80. The lowest BCUT2D eigenvalue weighted by Gasteiger charge is -2.36. The highest BCUT2D eigenvalue weighted by Gasteiger charge is 2.24. The molecular weight excluding hydrogens is 573 g/mol. The second-order valence-electron chi connectivity index (χ2n) is 11.0. The number of rotatable bonds is 7. The monoisotopic (exact) mass is 607 g/mol. The maximum Gasteiger partial charge on any atom is 0.226 e. The number of halogens is 2. The number of nitrogens with zero attached hydrogens (tertiary/aromatic N) is 6.